The van der Waals surface area contributed by atoms with E-state index in [0.717, 1.165) is 37.3 Å². The van der Waals surface area contributed by atoms with Gasteiger partial charge in [0, 0.05) is 50.0 Å². The lowest BCUT2D eigenvalue weighted by molar-refractivity contribution is 0.314. The highest BCUT2D eigenvalue weighted by molar-refractivity contribution is 5.43. The van der Waals surface area contributed by atoms with Gasteiger partial charge in [0.1, 0.15) is 5.82 Å². The summed E-state index contributed by atoms with van der Waals surface area (Å²) in [6, 6.07) is 4.41. The van der Waals surface area contributed by atoms with Crippen LogP contribution in [0.5, 0.6) is 0 Å². The zero-order valence-corrected chi connectivity index (χ0v) is 14.0. The van der Waals surface area contributed by atoms with Gasteiger partial charge < -0.3 is 15.5 Å². The first-order valence-corrected chi connectivity index (χ1v) is 9.42. The van der Waals surface area contributed by atoms with Crippen LogP contribution in [0.2, 0.25) is 0 Å². The first kappa shape index (κ1) is 14.9. The summed E-state index contributed by atoms with van der Waals surface area (Å²) in [4.78, 5) is 11.7. The number of nitrogens with zero attached hydrogens (tertiary/aromatic N) is 3. The van der Waals surface area contributed by atoms with Gasteiger partial charge in [-0.3, -0.25) is 10.9 Å². The van der Waals surface area contributed by atoms with E-state index in [1.807, 2.05) is 12.3 Å². The molecule has 4 N–H and O–H groups in total. The fraction of sp³-hybridized carbons (Fsp3) is 0.765. The van der Waals surface area contributed by atoms with Crippen molar-refractivity contribution in [2.24, 2.45) is 5.92 Å². The number of hydrazine groups is 1. The Kier molecular flexibility index (Phi) is 3.80. The molecule has 0 spiro atoms. The molecule has 1 saturated carbocycles. The van der Waals surface area contributed by atoms with Crippen molar-refractivity contribution in [3.05, 3.63) is 12.3 Å². The predicted octanol–water partition coefficient (Wildman–Crippen LogP) is 0.474. The molecule has 4 aliphatic rings. The quantitative estimate of drug-likeness (QED) is 0.642. The highest BCUT2D eigenvalue weighted by atomic mass is 15.4. The molecule has 130 valence electrons. The average molecular weight is 329 g/mol. The minimum absolute atomic E-state index is 0.523. The first-order valence-electron chi connectivity index (χ1n) is 9.42. The van der Waals surface area contributed by atoms with Crippen LogP contribution in [0.4, 0.5) is 11.8 Å². The van der Waals surface area contributed by atoms with Crippen molar-refractivity contribution >= 4 is 11.8 Å². The van der Waals surface area contributed by atoms with Crippen molar-refractivity contribution in [3.8, 4) is 0 Å². The smallest absolute Gasteiger partial charge is 0.227 e. The van der Waals surface area contributed by atoms with E-state index in [9.17, 15) is 0 Å². The molecular weight excluding hydrogens is 302 g/mol. The van der Waals surface area contributed by atoms with Crippen molar-refractivity contribution in [1.29, 1.82) is 0 Å². The molecular formula is C17H27N7. The number of aromatic nitrogens is 2. The molecule has 24 heavy (non-hydrogen) atoms. The molecule has 1 aliphatic carbocycles. The third-order valence-electron chi connectivity index (χ3n) is 6.13. The van der Waals surface area contributed by atoms with Crippen molar-refractivity contribution < 1.29 is 0 Å². The third kappa shape index (κ3) is 2.85. The monoisotopic (exact) mass is 329 g/mol. The Hall–Kier alpha value is -1.44. The van der Waals surface area contributed by atoms with E-state index >= 15 is 0 Å². The molecule has 0 aromatic carbocycles. The van der Waals surface area contributed by atoms with E-state index in [2.05, 4.69) is 31.4 Å². The Morgan fingerprint density at radius 1 is 1.12 bits per heavy atom. The predicted molar refractivity (Wildman–Crippen MR) is 93.9 cm³/mol. The lowest BCUT2D eigenvalue weighted by Gasteiger charge is -2.33. The van der Waals surface area contributed by atoms with Crippen LogP contribution >= 0.6 is 0 Å². The third-order valence-corrected chi connectivity index (χ3v) is 6.13. The van der Waals surface area contributed by atoms with Gasteiger partial charge in [-0.15, -0.1) is 0 Å². The van der Waals surface area contributed by atoms with E-state index in [1.54, 1.807) is 0 Å². The van der Waals surface area contributed by atoms with Crippen LogP contribution in [0, 0.1) is 5.92 Å². The Morgan fingerprint density at radius 2 is 2.00 bits per heavy atom. The van der Waals surface area contributed by atoms with Crippen LogP contribution in [-0.2, 0) is 0 Å². The summed E-state index contributed by atoms with van der Waals surface area (Å²) in [5.74, 6) is 2.60. The number of hydrogen-bond donors (Lipinski definition) is 4. The molecule has 4 heterocycles. The molecule has 5 atom stereocenters. The van der Waals surface area contributed by atoms with Crippen molar-refractivity contribution in [2.75, 3.05) is 29.9 Å². The molecule has 7 nitrogen and oxygen atoms in total. The van der Waals surface area contributed by atoms with Crippen LogP contribution in [0.3, 0.4) is 0 Å². The summed E-state index contributed by atoms with van der Waals surface area (Å²) in [6.07, 6.45) is 8.11. The van der Waals surface area contributed by atoms with Crippen LogP contribution in [0.25, 0.3) is 0 Å². The average Bonchev–Trinajstić information content (AvgIpc) is 3.20. The van der Waals surface area contributed by atoms with Gasteiger partial charge in [0.15, 0.2) is 0 Å². The summed E-state index contributed by atoms with van der Waals surface area (Å²) >= 11 is 0. The number of rotatable bonds is 3. The highest BCUT2D eigenvalue weighted by Gasteiger charge is 2.35. The largest absolute Gasteiger partial charge is 0.367 e. The Morgan fingerprint density at radius 3 is 2.88 bits per heavy atom. The fourth-order valence-electron chi connectivity index (χ4n) is 4.88. The van der Waals surface area contributed by atoms with Gasteiger partial charge >= 0.3 is 0 Å². The highest BCUT2D eigenvalue weighted by Crippen LogP contribution is 2.29. The normalized spacial score (nSPS) is 38.2. The van der Waals surface area contributed by atoms with Gasteiger partial charge in [0.05, 0.1) is 0 Å². The van der Waals surface area contributed by atoms with Crippen molar-refractivity contribution in [2.45, 2.75) is 56.3 Å². The zero-order chi connectivity index (χ0) is 15.9. The van der Waals surface area contributed by atoms with Gasteiger partial charge in [-0.1, -0.05) is 0 Å². The number of piperazine rings is 1. The maximum Gasteiger partial charge on any atom is 0.227 e. The van der Waals surface area contributed by atoms with E-state index < -0.39 is 0 Å². The Labute approximate surface area is 143 Å². The maximum atomic E-state index is 4.82. The zero-order valence-electron chi connectivity index (χ0n) is 14.0. The lowest BCUT2D eigenvalue weighted by atomic mass is 9.83. The van der Waals surface area contributed by atoms with Gasteiger partial charge in [0.25, 0.3) is 0 Å². The minimum atomic E-state index is 0.523. The summed E-state index contributed by atoms with van der Waals surface area (Å²) in [6.45, 7) is 3.15. The van der Waals surface area contributed by atoms with Gasteiger partial charge in [-0.05, 0) is 44.1 Å². The Bertz CT molecular complexity index is 582. The summed E-state index contributed by atoms with van der Waals surface area (Å²) in [5.41, 5.74) is 6.69. The molecule has 3 saturated heterocycles. The van der Waals surface area contributed by atoms with Gasteiger partial charge in [-0.25, -0.2) is 4.98 Å². The fourth-order valence-corrected chi connectivity index (χ4v) is 4.88. The molecule has 2 bridgehead atoms. The summed E-state index contributed by atoms with van der Waals surface area (Å²) < 4.78 is 0. The topological polar surface area (TPSA) is 77.1 Å². The molecule has 5 unspecified atom stereocenters. The molecule has 1 aromatic heterocycles. The number of hydrogen-bond acceptors (Lipinski definition) is 7. The van der Waals surface area contributed by atoms with E-state index in [-0.39, 0.29) is 0 Å². The number of nitrogens with one attached hydrogen (secondary N) is 4. The first-order chi connectivity index (χ1) is 11.8. The molecule has 7 heteroatoms. The molecule has 0 amide bonds. The van der Waals surface area contributed by atoms with E-state index in [1.165, 1.54) is 32.1 Å². The standard InChI is InChI=1S/C17H27N7/c1-2-14-10-24(9-13(1)20-14)17-18-6-5-16(22-17)21-12-3-4-15-11(7-12)8-19-23-15/h5-6,11-15,19-20,23H,1-4,7-10H2,(H,18,21,22). The summed E-state index contributed by atoms with van der Waals surface area (Å²) in [7, 11) is 0. The van der Waals surface area contributed by atoms with Crippen molar-refractivity contribution in [3.63, 3.8) is 0 Å². The summed E-state index contributed by atoms with van der Waals surface area (Å²) in [5, 5.41) is 7.33. The van der Waals surface area contributed by atoms with Crippen LogP contribution in [-0.4, -0.2) is 53.8 Å². The van der Waals surface area contributed by atoms with Gasteiger partial charge in [0.2, 0.25) is 5.95 Å². The maximum absolute atomic E-state index is 4.82. The molecule has 3 aliphatic heterocycles. The van der Waals surface area contributed by atoms with Crippen molar-refractivity contribution in [1.82, 2.24) is 26.1 Å². The second-order valence-corrected chi connectivity index (χ2v) is 7.83. The minimum Gasteiger partial charge on any atom is -0.367 e. The van der Waals surface area contributed by atoms with Crippen LogP contribution in [0.15, 0.2) is 12.3 Å². The molecule has 1 aromatic rings. The van der Waals surface area contributed by atoms with E-state index in [4.69, 9.17) is 4.98 Å². The van der Waals surface area contributed by atoms with Gasteiger partial charge in [-0.2, -0.15) is 4.98 Å². The van der Waals surface area contributed by atoms with Crippen LogP contribution in [0.1, 0.15) is 32.1 Å². The lowest BCUT2D eigenvalue weighted by Crippen LogP contribution is -2.51. The van der Waals surface area contributed by atoms with Crippen LogP contribution < -0.4 is 26.4 Å². The second kappa shape index (κ2) is 6.13. The second-order valence-electron chi connectivity index (χ2n) is 7.83. The van der Waals surface area contributed by atoms with E-state index in [0.29, 0.717) is 24.2 Å². The number of fused-ring (bicyclic) bond motifs is 3. The number of anilines is 2. The molecule has 5 rings (SSSR count). The molecule has 0 radical (unpaired) electrons. The Balaban J connectivity index is 1.26. The molecule has 4 fully saturated rings. The SMILES string of the molecule is c1cc(NC2CCC3NNCC3C2)nc(N2CC3CCC(C2)N3)n1.